The van der Waals surface area contributed by atoms with Crippen molar-refractivity contribution < 1.29 is 19.4 Å². The van der Waals surface area contributed by atoms with Gasteiger partial charge in [0.15, 0.2) is 11.5 Å². The molecule has 0 N–H and O–H groups in total. The molecule has 0 saturated carbocycles. The first-order valence-electron chi connectivity index (χ1n) is 5.17. The van der Waals surface area contributed by atoms with E-state index in [-0.39, 0.29) is 16.3 Å². The van der Waals surface area contributed by atoms with Crippen LogP contribution in [0.5, 0.6) is 11.5 Å². The highest BCUT2D eigenvalue weighted by atomic mass is 35.5. The minimum absolute atomic E-state index is 0.0382. The molecule has 0 atom stereocenters. The smallest absolute Gasteiger partial charge is 0.179 e. The minimum atomic E-state index is -1.30. The van der Waals surface area contributed by atoms with E-state index in [1.165, 1.54) is 19.2 Å². The number of carbonyl (C=O) groups excluding carboxylic acids is 1. The molecule has 0 aliphatic carbocycles. The highest BCUT2D eigenvalue weighted by Gasteiger charge is 2.13. The van der Waals surface area contributed by atoms with Crippen LogP contribution in [-0.4, -0.2) is 19.7 Å². The van der Waals surface area contributed by atoms with Gasteiger partial charge >= 0.3 is 0 Å². The summed E-state index contributed by atoms with van der Waals surface area (Å²) in [5.41, 5.74) is -0.0382. The van der Waals surface area contributed by atoms with E-state index in [0.29, 0.717) is 18.3 Å². The van der Waals surface area contributed by atoms with E-state index in [9.17, 15) is 9.90 Å². The number of aromatic carboxylic acids is 1. The van der Waals surface area contributed by atoms with E-state index in [1.807, 2.05) is 13.8 Å². The Hall–Kier alpha value is -1.42. The SMILES string of the molecule is COc1cc(C(=O)[O-])cc(Cl)c1OCC(C)C. The highest BCUT2D eigenvalue weighted by Crippen LogP contribution is 2.36. The van der Waals surface area contributed by atoms with Crippen molar-refractivity contribution in [3.8, 4) is 11.5 Å². The van der Waals surface area contributed by atoms with E-state index in [0.717, 1.165) is 0 Å². The Kier molecular flexibility index (Phi) is 4.63. The van der Waals surface area contributed by atoms with Gasteiger partial charge in [0.25, 0.3) is 0 Å². The fourth-order valence-corrected chi connectivity index (χ4v) is 1.49. The van der Waals surface area contributed by atoms with Crippen molar-refractivity contribution in [2.45, 2.75) is 13.8 Å². The topological polar surface area (TPSA) is 58.6 Å². The zero-order valence-electron chi connectivity index (χ0n) is 9.95. The van der Waals surface area contributed by atoms with Crippen LogP contribution in [0.2, 0.25) is 5.02 Å². The molecule has 1 aromatic rings. The number of rotatable bonds is 5. The van der Waals surface area contributed by atoms with Gasteiger partial charge in [-0.1, -0.05) is 25.4 Å². The fraction of sp³-hybridized carbons (Fsp3) is 0.417. The minimum Gasteiger partial charge on any atom is -0.545 e. The molecule has 1 aromatic carbocycles. The second-order valence-corrected chi connectivity index (χ2v) is 4.39. The maximum atomic E-state index is 10.7. The molecule has 0 aromatic heterocycles. The Balaban J connectivity index is 3.07. The normalized spacial score (nSPS) is 10.4. The van der Waals surface area contributed by atoms with Crippen LogP contribution >= 0.6 is 11.6 Å². The molecular formula is C12H14ClO4-. The van der Waals surface area contributed by atoms with Crippen LogP contribution in [0.1, 0.15) is 24.2 Å². The molecular weight excluding hydrogens is 244 g/mol. The molecule has 0 heterocycles. The van der Waals surface area contributed by atoms with Gasteiger partial charge < -0.3 is 19.4 Å². The molecule has 0 spiro atoms. The highest BCUT2D eigenvalue weighted by molar-refractivity contribution is 6.32. The van der Waals surface area contributed by atoms with Gasteiger partial charge in [-0.05, 0) is 18.1 Å². The van der Waals surface area contributed by atoms with Gasteiger partial charge in [0, 0.05) is 5.56 Å². The van der Waals surface area contributed by atoms with Crippen molar-refractivity contribution in [2.75, 3.05) is 13.7 Å². The van der Waals surface area contributed by atoms with Gasteiger partial charge in [-0.25, -0.2) is 0 Å². The summed E-state index contributed by atoms with van der Waals surface area (Å²) in [4.78, 5) is 10.7. The second kappa shape index (κ2) is 5.77. The van der Waals surface area contributed by atoms with Crippen molar-refractivity contribution in [1.29, 1.82) is 0 Å². The average molecular weight is 258 g/mol. The molecule has 4 nitrogen and oxygen atoms in total. The van der Waals surface area contributed by atoms with Crippen LogP contribution in [0.3, 0.4) is 0 Å². The van der Waals surface area contributed by atoms with Crippen LogP contribution in [-0.2, 0) is 0 Å². The van der Waals surface area contributed by atoms with Crippen molar-refractivity contribution in [2.24, 2.45) is 5.92 Å². The van der Waals surface area contributed by atoms with E-state index in [1.54, 1.807) is 0 Å². The summed E-state index contributed by atoms with van der Waals surface area (Å²) in [6, 6.07) is 2.62. The molecule has 1 rings (SSSR count). The van der Waals surface area contributed by atoms with Crippen LogP contribution in [0.15, 0.2) is 12.1 Å². The molecule has 0 unspecified atom stereocenters. The van der Waals surface area contributed by atoms with Gasteiger partial charge in [0.2, 0.25) is 0 Å². The van der Waals surface area contributed by atoms with Gasteiger partial charge in [-0.15, -0.1) is 0 Å². The molecule has 0 fully saturated rings. The largest absolute Gasteiger partial charge is 0.545 e. The standard InChI is InChI=1S/C12H15ClO4/c1-7(2)6-17-11-9(13)4-8(12(14)15)5-10(11)16-3/h4-5,7H,6H2,1-3H3,(H,14,15)/p-1. The van der Waals surface area contributed by atoms with Gasteiger partial charge in [0.05, 0.1) is 24.7 Å². The van der Waals surface area contributed by atoms with Crippen LogP contribution in [0.25, 0.3) is 0 Å². The zero-order valence-corrected chi connectivity index (χ0v) is 10.7. The van der Waals surface area contributed by atoms with Crippen molar-refractivity contribution in [3.63, 3.8) is 0 Å². The first-order chi connectivity index (χ1) is 7.95. The number of benzene rings is 1. The van der Waals surface area contributed by atoms with Crippen LogP contribution in [0, 0.1) is 5.92 Å². The number of ether oxygens (including phenoxy) is 2. The average Bonchev–Trinajstić information content (AvgIpc) is 2.25. The molecule has 0 bridgehead atoms. The number of hydrogen-bond donors (Lipinski definition) is 0. The summed E-state index contributed by atoms with van der Waals surface area (Å²) in [5.74, 6) is -0.331. The lowest BCUT2D eigenvalue weighted by molar-refractivity contribution is -0.255. The molecule has 0 aliphatic rings. The summed E-state index contributed by atoms with van der Waals surface area (Å²) in [6.07, 6.45) is 0. The quantitative estimate of drug-likeness (QED) is 0.806. The van der Waals surface area contributed by atoms with Crippen molar-refractivity contribution >= 4 is 17.6 Å². The van der Waals surface area contributed by atoms with E-state index in [4.69, 9.17) is 21.1 Å². The molecule has 0 radical (unpaired) electrons. The second-order valence-electron chi connectivity index (χ2n) is 3.98. The predicted octanol–water partition coefficient (Wildman–Crippen LogP) is 1.75. The summed E-state index contributed by atoms with van der Waals surface area (Å²) in [5, 5.41) is 10.9. The third-order valence-corrected chi connectivity index (χ3v) is 2.31. The number of carboxylic acid groups (broad SMARTS) is 1. The lowest BCUT2D eigenvalue weighted by atomic mass is 10.2. The third-order valence-electron chi connectivity index (χ3n) is 2.03. The number of halogens is 1. The molecule has 0 aliphatic heterocycles. The third kappa shape index (κ3) is 3.53. The summed E-state index contributed by atoms with van der Waals surface area (Å²) >= 11 is 5.94. The molecule has 0 amide bonds. The Bertz CT molecular complexity index is 415. The summed E-state index contributed by atoms with van der Waals surface area (Å²) in [7, 11) is 1.42. The van der Waals surface area contributed by atoms with Crippen molar-refractivity contribution in [3.05, 3.63) is 22.7 Å². The number of carbonyl (C=O) groups is 1. The maximum Gasteiger partial charge on any atom is 0.179 e. The summed E-state index contributed by atoms with van der Waals surface area (Å²) in [6.45, 7) is 4.46. The molecule has 17 heavy (non-hydrogen) atoms. The van der Waals surface area contributed by atoms with Gasteiger partial charge in [-0.3, -0.25) is 0 Å². The van der Waals surface area contributed by atoms with E-state index in [2.05, 4.69) is 0 Å². The lowest BCUT2D eigenvalue weighted by Crippen LogP contribution is -2.22. The summed E-state index contributed by atoms with van der Waals surface area (Å²) < 4.78 is 10.5. The van der Waals surface area contributed by atoms with Crippen molar-refractivity contribution in [1.82, 2.24) is 0 Å². The van der Waals surface area contributed by atoms with E-state index < -0.39 is 5.97 Å². The van der Waals surface area contributed by atoms with Crippen LogP contribution < -0.4 is 14.6 Å². The molecule has 0 saturated heterocycles. The maximum absolute atomic E-state index is 10.7. The monoisotopic (exact) mass is 257 g/mol. The Labute approximate surface area is 105 Å². The first kappa shape index (κ1) is 13.6. The van der Waals surface area contributed by atoms with E-state index >= 15 is 0 Å². The fourth-order valence-electron chi connectivity index (χ4n) is 1.23. The first-order valence-corrected chi connectivity index (χ1v) is 5.55. The molecule has 94 valence electrons. The lowest BCUT2D eigenvalue weighted by Gasteiger charge is -2.15. The Morgan fingerprint density at radius 1 is 1.47 bits per heavy atom. The number of carboxylic acids is 1. The van der Waals surface area contributed by atoms with Gasteiger partial charge in [-0.2, -0.15) is 0 Å². The van der Waals surface area contributed by atoms with Crippen LogP contribution in [0.4, 0.5) is 0 Å². The Morgan fingerprint density at radius 2 is 2.12 bits per heavy atom. The Morgan fingerprint density at radius 3 is 2.59 bits per heavy atom. The number of methoxy groups -OCH3 is 1. The zero-order chi connectivity index (χ0) is 13.0. The molecule has 5 heteroatoms. The van der Waals surface area contributed by atoms with Gasteiger partial charge in [0.1, 0.15) is 0 Å². The predicted molar refractivity (Wildman–Crippen MR) is 62.7 cm³/mol. The number of hydrogen-bond acceptors (Lipinski definition) is 4.